The highest BCUT2D eigenvalue weighted by Crippen LogP contribution is 2.29. The Hall–Kier alpha value is -2.27. The monoisotopic (exact) mass is 341 g/mol. The van der Waals surface area contributed by atoms with E-state index < -0.39 is 0 Å². The Morgan fingerprint density at radius 3 is 2.48 bits per heavy atom. The van der Waals surface area contributed by atoms with Crippen molar-refractivity contribution < 1.29 is 9.53 Å². The number of aromatic nitrogens is 1. The van der Waals surface area contributed by atoms with Gasteiger partial charge < -0.3 is 19.9 Å². The predicted molar refractivity (Wildman–Crippen MR) is 101 cm³/mol. The van der Waals surface area contributed by atoms with Gasteiger partial charge in [-0.05, 0) is 49.9 Å². The van der Waals surface area contributed by atoms with Crippen LogP contribution in [0.15, 0.2) is 30.3 Å². The molecule has 5 nitrogen and oxygen atoms in total. The Morgan fingerprint density at radius 1 is 1.20 bits per heavy atom. The smallest absolute Gasteiger partial charge is 0.250 e. The van der Waals surface area contributed by atoms with Crippen LogP contribution >= 0.6 is 0 Å². The number of anilines is 1. The second-order valence-corrected chi connectivity index (χ2v) is 6.63. The third-order valence-electron chi connectivity index (χ3n) is 5.00. The van der Waals surface area contributed by atoms with Crippen LogP contribution in [-0.4, -0.2) is 37.3 Å². The average molecular weight is 341 g/mol. The lowest BCUT2D eigenvalue weighted by Crippen LogP contribution is -2.17. The molecule has 2 aromatic rings. The Kier molecular flexibility index (Phi) is 5.43. The number of hydrogen-bond donors (Lipinski definition) is 1. The van der Waals surface area contributed by atoms with E-state index in [0.29, 0.717) is 12.2 Å². The van der Waals surface area contributed by atoms with E-state index in [0.717, 1.165) is 43.0 Å². The van der Waals surface area contributed by atoms with Crippen molar-refractivity contribution >= 4 is 11.6 Å². The van der Waals surface area contributed by atoms with Gasteiger partial charge in [0.1, 0.15) is 0 Å². The number of hydrogen-bond acceptors (Lipinski definition) is 3. The lowest BCUT2D eigenvalue weighted by atomic mass is 10.1. The van der Waals surface area contributed by atoms with Crippen LogP contribution in [0.4, 0.5) is 5.69 Å². The van der Waals surface area contributed by atoms with Crippen molar-refractivity contribution in [1.29, 1.82) is 0 Å². The summed E-state index contributed by atoms with van der Waals surface area (Å²) in [5, 5.41) is 0. The molecular weight excluding hydrogens is 314 g/mol. The fraction of sp³-hybridized carbons (Fsp3) is 0.450. The van der Waals surface area contributed by atoms with Gasteiger partial charge in [-0.25, -0.2) is 0 Å². The molecule has 0 unspecified atom stereocenters. The Morgan fingerprint density at radius 2 is 1.88 bits per heavy atom. The third-order valence-corrected chi connectivity index (χ3v) is 5.00. The van der Waals surface area contributed by atoms with Crippen LogP contribution in [-0.2, 0) is 11.3 Å². The van der Waals surface area contributed by atoms with Crippen molar-refractivity contribution in [2.45, 2.75) is 32.7 Å². The molecular formula is C20H27N3O2. The number of primary amides is 1. The van der Waals surface area contributed by atoms with Crippen molar-refractivity contribution in [3.63, 3.8) is 0 Å². The van der Waals surface area contributed by atoms with Crippen molar-refractivity contribution in [3.05, 3.63) is 41.6 Å². The molecule has 1 aliphatic rings. The molecule has 1 fully saturated rings. The first-order valence-electron chi connectivity index (χ1n) is 8.96. The standard InChI is InChI=1S/C20H27N3O2/c1-15-18(20(21)24)14-19(23(15)12-5-13-25-2)16-6-8-17(9-7-16)22-10-3-4-11-22/h6-9,14H,3-5,10-13H2,1-2H3,(H2,21,24). The van der Waals surface area contributed by atoms with Crippen LogP contribution in [0.1, 0.15) is 35.3 Å². The van der Waals surface area contributed by atoms with E-state index in [1.165, 1.54) is 18.5 Å². The van der Waals surface area contributed by atoms with E-state index in [1.54, 1.807) is 7.11 Å². The van der Waals surface area contributed by atoms with Gasteiger partial charge in [0.15, 0.2) is 0 Å². The number of carbonyl (C=O) groups is 1. The normalized spacial score (nSPS) is 14.2. The van der Waals surface area contributed by atoms with Gasteiger partial charge in [0.2, 0.25) is 0 Å². The zero-order valence-corrected chi connectivity index (χ0v) is 15.1. The Bertz CT molecular complexity index is 728. The summed E-state index contributed by atoms with van der Waals surface area (Å²) in [4.78, 5) is 14.2. The Balaban J connectivity index is 1.91. The number of methoxy groups -OCH3 is 1. The number of ether oxygens (including phenoxy) is 1. The van der Waals surface area contributed by atoms with Crippen LogP contribution in [0, 0.1) is 6.92 Å². The van der Waals surface area contributed by atoms with E-state index >= 15 is 0 Å². The summed E-state index contributed by atoms with van der Waals surface area (Å²) in [6.45, 7) is 5.72. The molecule has 1 saturated heterocycles. The van der Waals surface area contributed by atoms with E-state index in [1.807, 2.05) is 13.0 Å². The molecule has 0 saturated carbocycles. The number of amides is 1. The Labute approximate surface area is 149 Å². The minimum atomic E-state index is -0.377. The van der Waals surface area contributed by atoms with E-state index in [-0.39, 0.29) is 5.91 Å². The maximum Gasteiger partial charge on any atom is 0.250 e. The first-order valence-corrected chi connectivity index (χ1v) is 8.96. The maximum absolute atomic E-state index is 11.8. The lowest BCUT2D eigenvalue weighted by Gasteiger charge is -2.18. The molecule has 1 aromatic heterocycles. The molecule has 2 N–H and O–H groups in total. The summed E-state index contributed by atoms with van der Waals surface area (Å²) >= 11 is 0. The lowest BCUT2D eigenvalue weighted by molar-refractivity contribution is 0.0999. The molecule has 0 bridgehead atoms. The molecule has 25 heavy (non-hydrogen) atoms. The fourth-order valence-electron chi connectivity index (χ4n) is 3.61. The molecule has 2 heterocycles. The first kappa shape index (κ1) is 17.5. The number of carbonyl (C=O) groups excluding carboxylic acids is 1. The van der Waals surface area contributed by atoms with E-state index in [4.69, 9.17) is 10.5 Å². The van der Waals surface area contributed by atoms with Gasteiger partial charge in [0.05, 0.1) is 5.56 Å². The van der Waals surface area contributed by atoms with Crippen LogP contribution in [0.5, 0.6) is 0 Å². The highest BCUT2D eigenvalue weighted by atomic mass is 16.5. The third kappa shape index (κ3) is 3.71. The minimum absolute atomic E-state index is 0.377. The van der Waals surface area contributed by atoms with Crippen molar-refractivity contribution in [2.24, 2.45) is 5.73 Å². The van der Waals surface area contributed by atoms with Crippen LogP contribution in [0.2, 0.25) is 0 Å². The molecule has 5 heteroatoms. The van der Waals surface area contributed by atoms with Gasteiger partial charge in [-0.3, -0.25) is 4.79 Å². The van der Waals surface area contributed by atoms with Gasteiger partial charge in [-0.2, -0.15) is 0 Å². The molecule has 3 rings (SSSR count). The van der Waals surface area contributed by atoms with Crippen molar-refractivity contribution in [3.8, 4) is 11.3 Å². The summed E-state index contributed by atoms with van der Waals surface area (Å²) in [7, 11) is 1.70. The van der Waals surface area contributed by atoms with Crippen LogP contribution in [0.3, 0.4) is 0 Å². The summed E-state index contributed by atoms with van der Waals surface area (Å²) in [5.41, 5.74) is 10.5. The number of nitrogens with zero attached hydrogens (tertiary/aromatic N) is 2. The SMILES string of the molecule is COCCCn1c(-c2ccc(N3CCCC3)cc2)cc(C(N)=O)c1C. The quantitative estimate of drug-likeness (QED) is 0.787. The first-order chi connectivity index (χ1) is 12.1. The van der Waals surface area contributed by atoms with Crippen LogP contribution in [0.25, 0.3) is 11.3 Å². The zero-order chi connectivity index (χ0) is 17.8. The minimum Gasteiger partial charge on any atom is -0.385 e. The maximum atomic E-state index is 11.8. The van der Waals surface area contributed by atoms with Gasteiger partial charge in [-0.1, -0.05) is 12.1 Å². The van der Waals surface area contributed by atoms with E-state index in [2.05, 4.69) is 33.7 Å². The molecule has 0 atom stereocenters. The fourth-order valence-corrected chi connectivity index (χ4v) is 3.61. The van der Waals surface area contributed by atoms with Crippen LogP contribution < -0.4 is 10.6 Å². The summed E-state index contributed by atoms with van der Waals surface area (Å²) < 4.78 is 7.34. The largest absolute Gasteiger partial charge is 0.385 e. The molecule has 134 valence electrons. The molecule has 1 aliphatic heterocycles. The zero-order valence-electron chi connectivity index (χ0n) is 15.1. The second kappa shape index (κ2) is 7.74. The number of benzene rings is 1. The summed E-state index contributed by atoms with van der Waals surface area (Å²) in [6.07, 6.45) is 3.43. The highest BCUT2D eigenvalue weighted by molar-refractivity contribution is 5.95. The molecule has 0 aliphatic carbocycles. The molecule has 1 amide bonds. The number of rotatable bonds is 7. The van der Waals surface area contributed by atoms with E-state index in [9.17, 15) is 4.79 Å². The average Bonchev–Trinajstić information content (AvgIpc) is 3.24. The van der Waals surface area contributed by atoms with Crippen molar-refractivity contribution in [1.82, 2.24) is 4.57 Å². The highest BCUT2D eigenvalue weighted by Gasteiger charge is 2.17. The number of nitrogens with two attached hydrogens (primary N) is 1. The van der Waals surface area contributed by atoms with Gasteiger partial charge in [0, 0.05) is 50.4 Å². The predicted octanol–water partition coefficient (Wildman–Crippen LogP) is 3.20. The topological polar surface area (TPSA) is 60.5 Å². The van der Waals surface area contributed by atoms with Crippen molar-refractivity contribution in [2.75, 3.05) is 31.7 Å². The van der Waals surface area contributed by atoms with Gasteiger partial charge in [-0.15, -0.1) is 0 Å². The summed E-state index contributed by atoms with van der Waals surface area (Å²) in [6, 6.07) is 10.5. The molecule has 0 radical (unpaired) electrons. The summed E-state index contributed by atoms with van der Waals surface area (Å²) in [5.74, 6) is -0.377. The molecule has 1 aromatic carbocycles. The van der Waals surface area contributed by atoms with Gasteiger partial charge >= 0.3 is 0 Å². The second-order valence-electron chi connectivity index (χ2n) is 6.63. The van der Waals surface area contributed by atoms with Gasteiger partial charge in [0.25, 0.3) is 5.91 Å². The molecule has 0 spiro atoms.